The Morgan fingerprint density at radius 1 is 1.67 bits per heavy atom. The molecule has 4 unspecified atom stereocenters. The van der Waals surface area contributed by atoms with Crippen LogP contribution in [0, 0.1) is 17.8 Å². The second-order valence-electron chi connectivity index (χ2n) is 4.55. The Labute approximate surface area is 87.9 Å². The number of hydrogen-bond acceptors (Lipinski definition) is 3. The third kappa shape index (κ3) is 1.91. The topological polar surface area (TPSA) is 46.5 Å². The summed E-state index contributed by atoms with van der Waals surface area (Å²) in [6.07, 6.45) is 2.64. The van der Waals surface area contributed by atoms with Gasteiger partial charge in [0.2, 0.25) is 5.85 Å². The second-order valence-corrected chi connectivity index (χ2v) is 4.55. The van der Waals surface area contributed by atoms with E-state index in [4.69, 9.17) is 4.74 Å². The molecule has 0 saturated heterocycles. The van der Waals surface area contributed by atoms with Crippen molar-refractivity contribution in [3.05, 3.63) is 12.7 Å². The van der Waals surface area contributed by atoms with Crippen LogP contribution in [0.4, 0.5) is 4.39 Å². The Morgan fingerprint density at radius 2 is 2.40 bits per heavy atom. The molecule has 4 atom stereocenters. The molecule has 2 saturated carbocycles. The smallest absolute Gasteiger partial charge is 0.330 e. The van der Waals surface area contributed by atoms with Gasteiger partial charge in [0.1, 0.15) is 0 Å². The van der Waals surface area contributed by atoms with Crippen LogP contribution < -0.4 is 0 Å². The maximum Gasteiger partial charge on any atom is 0.330 e. The molecule has 84 valence electrons. The lowest BCUT2D eigenvalue weighted by Gasteiger charge is -2.28. The largest absolute Gasteiger partial charge is 0.462 e. The molecule has 3 nitrogen and oxygen atoms in total. The molecule has 0 spiro atoms. The van der Waals surface area contributed by atoms with Crippen LogP contribution in [0.1, 0.15) is 19.3 Å². The van der Waals surface area contributed by atoms with E-state index in [1.807, 2.05) is 0 Å². The Kier molecular flexibility index (Phi) is 2.54. The summed E-state index contributed by atoms with van der Waals surface area (Å²) in [5.74, 6) is -2.33. The van der Waals surface area contributed by atoms with Crippen molar-refractivity contribution in [1.29, 1.82) is 0 Å². The van der Waals surface area contributed by atoms with E-state index >= 15 is 0 Å². The molecule has 2 aliphatic carbocycles. The van der Waals surface area contributed by atoms with Gasteiger partial charge in [-0.05, 0) is 24.7 Å². The number of aliphatic hydroxyl groups is 1. The van der Waals surface area contributed by atoms with Gasteiger partial charge in [-0.15, -0.1) is 0 Å². The van der Waals surface area contributed by atoms with Crippen molar-refractivity contribution in [2.24, 2.45) is 17.8 Å². The van der Waals surface area contributed by atoms with Crippen molar-refractivity contribution in [1.82, 2.24) is 0 Å². The van der Waals surface area contributed by atoms with E-state index in [0.717, 1.165) is 6.08 Å². The molecule has 4 heteroatoms. The van der Waals surface area contributed by atoms with Crippen molar-refractivity contribution in [3.63, 3.8) is 0 Å². The predicted octanol–water partition coefficient (Wildman–Crippen LogP) is 1.42. The number of rotatable bonds is 3. The highest BCUT2D eigenvalue weighted by atomic mass is 19.2. The quantitative estimate of drug-likeness (QED) is 0.571. The third-order valence-corrected chi connectivity index (χ3v) is 3.62. The molecule has 0 radical (unpaired) electrons. The van der Waals surface area contributed by atoms with Gasteiger partial charge in [0.15, 0.2) is 0 Å². The predicted molar refractivity (Wildman–Crippen MR) is 51.5 cm³/mol. The lowest BCUT2D eigenvalue weighted by atomic mass is 9.86. The van der Waals surface area contributed by atoms with Gasteiger partial charge in [-0.3, -0.25) is 0 Å². The van der Waals surface area contributed by atoms with Gasteiger partial charge >= 0.3 is 5.97 Å². The van der Waals surface area contributed by atoms with E-state index in [-0.39, 0.29) is 24.2 Å². The van der Waals surface area contributed by atoms with Crippen LogP contribution in [0.3, 0.4) is 0 Å². The second kappa shape index (κ2) is 3.59. The van der Waals surface area contributed by atoms with Crippen molar-refractivity contribution >= 4 is 5.97 Å². The van der Waals surface area contributed by atoms with Crippen LogP contribution in [-0.2, 0) is 9.53 Å². The van der Waals surface area contributed by atoms with E-state index < -0.39 is 11.8 Å². The Morgan fingerprint density at radius 3 is 2.87 bits per heavy atom. The number of carbonyl (C=O) groups is 1. The van der Waals surface area contributed by atoms with E-state index in [9.17, 15) is 14.3 Å². The average Bonchev–Trinajstić information content (AvgIpc) is 2.69. The number of hydrogen-bond donors (Lipinski definition) is 1. The summed E-state index contributed by atoms with van der Waals surface area (Å²) in [5.41, 5.74) is 0. The highest BCUT2D eigenvalue weighted by Gasteiger charge is 2.55. The minimum atomic E-state index is -1.98. The molecule has 0 aliphatic heterocycles. The number of esters is 1. The first kappa shape index (κ1) is 10.6. The fourth-order valence-corrected chi connectivity index (χ4v) is 2.81. The molecule has 2 bridgehead atoms. The fourth-order valence-electron chi connectivity index (χ4n) is 2.81. The van der Waals surface area contributed by atoms with E-state index in [0.29, 0.717) is 19.4 Å². The summed E-state index contributed by atoms with van der Waals surface area (Å²) in [6, 6.07) is 0. The van der Waals surface area contributed by atoms with Crippen molar-refractivity contribution in [2.75, 3.05) is 6.61 Å². The lowest BCUT2D eigenvalue weighted by Crippen LogP contribution is -2.33. The maximum absolute atomic E-state index is 13.4. The summed E-state index contributed by atoms with van der Waals surface area (Å²) >= 11 is 0. The summed E-state index contributed by atoms with van der Waals surface area (Å²) < 4.78 is 18.3. The van der Waals surface area contributed by atoms with Gasteiger partial charge in [-0.2, -0.15) is 0 Å². The SMILES string of the molecule is C=CC(=O)OCC1CC2CC1CC2(O)F. The molecule has 2 fully saturated rings. The van der Waals surface area contributed by atoms with Crippen molar-refractivity contribution in [3.8, 4) is 0 Å². The summed E-state index contributed by atoms with van der Waals surface area (Å²) in [7, 11) is 0. The van der Waals surface area contributed by atoms with Crippen LogP contribution in [-0.4, -0.2) is 23.5 Å². The molecule has 0 aromatic heterocycles. The van der Waals surface area contributed by atoms with Crippen molar-refractivity contribution in [2.45, 2.75) is 25.1 Å². The van der Waals surface area contributed by atoms with Gasteiger partial charge in [0, 0.05) is 18.4 Å². The number of ether oxygens (including phenoxy) is 1. The molecule has 2 aliphatic rings. The van der Waals surface area contributed by atoms with Crippen molar-refractivity contribution < 1.29 is 19.0 Å². The van der Waals surface area contributed by atoms with Gasteiger partial charge < -0.3 is 9.84 Å². The zero-order valence-corrected chi connectivity index (χ0v) is 8.49. The van der Waals surface area contributed by atoms with Gasteiger partial charge in [0.25, 0.3) is 0 Å². The van der Waals surface area contributed by atoms with Crippen LogP contribution in [0.2, 0.25) is 0 Å². The maximum atomic E-state index is 13.4. The van der Waals surface area contributed by atoms with Crippen LogP contribution >= 0.6 is 0 Å². The normalized spacial score (nSPS) is 42.9. The first-order valence-corrected chi connectivity index (χ1v) is 5.23. The van der Waals surface area contributed by atoms with Gasteiger partial charge in [-0.25, -0.2) is 9.18 Å². The van der Waals surface area contributed by atoms with E-state index in [2.05, 4.69) is 6.58 Å². The molecule has 0 amide bonds. The minimum Gasteiger partial charge on any atom is -0.462 e. The zero-order chi connectivity index (χ0) is 11.1. The highest BCUT2D eigenvalue weighted by Crippen LogP contribution is 2.54. The Balaban J connectivity index is 1.85. The van der Waals surface area contributed by atoms with E-state index in [1.54, 1.807) is 0 Å². The summed E-state index contributed by atoms with van der Waals surface area (Å²) in [5, 5.41) is 9.34. The third-order valence-electron chi connectivity index (χ3n) is 3.62. The molecule has 1 N–H and O–H groups in total. The number of halogens is 1. The lowest BCUT2D eigenvalue weighted by molar-refractivity contribution is -0.147. The van der Waals surface area contributed by atoms with E-state index in [1.165, 1.54) is 0 Å². The number of alkyl halides is 1. The monoisotopic (exact) mass is 214 g/mol. The van der Waals surface area contributed by atoms with Crippen LogP contribution in [0.5, 0.6) is 0 Å². The molecular weight excluding hydrogens is 199 g/mol. The van der Waals surface area contributed by atoms with Crippen LogP contribution in [0.15, 0.2) is 12.7 Å². The molecule has 0 aromatic rings. The molecule has 2 rings (SSSR count). The Hall–Kier alpha value is -0.900. The minimum absolute atomic E-state index is 0.155. The first-order valence-electron chi connectivity index (χ1n) is 5.23. The highest BCUT2D eigenvalue weighted by molar-refractivity contribution is 5.81. The standard InChI is InChI=1S/C11H15FO3/c1-2-10(13)15-6-8-4-9-3-7(8)5-11(9,12)14/h2,7-9,14H,1,3-6H2. The molecular formula is C11H15FO3. The number of carbonyl (C=O) groups excluding carboxylic acids is 1. The average molecular weight is 214 g/mol. The molecule has 0 heterocycles. The Bertz CT molecular complexity index is 288. The first-order chi connectivity index (χ1) is 7.03. The molecule has 0 aromatic carbocycles. The zero-order valence-electron chi connectivity index (χ0n) is 8.49. The van der Waals surface area contributed by atoms with Crippen LogP contribution in [0.25, 0.3) is 0 Å². The summed E-state index contributed by atoms with van der Waals surface area (Å²) in [6.45, 7) is 3.62. The fraction of sp³-hybridized carbons (Fsp3) is 0.727. The summed E-state index contributed by atoms with van der Waals surface area (Å²) in [4.78, 5) is 10.8. The van der Waals surface area contributed by atoms with Gasteiger partial charge in [0.05, 0.1) is 6.61 Å². The molecule has 15 heavy (non-hydrogen) atoms. The van der Waals surface area contributed by atoms with Gasteiger partial charge in [-0.1, -0.05) is 6.58 Å². The number of fused-ring (bicyclic) bond motifs is 2.